The van der Waals surface area contributed by atoms with Crippen molar-refractivity contribution in [3.63, 3.8) is 0 Å². The highest BCUT2D eigenvalue weighted by molar-refractivity contribution is 5.87. The van der Waals surface area contributed by atoms with E-state index < -0.39 is 0 Å². The van der Waals surface area contributed by atoms with Crippen LogP contribution in [0.2, 0.25) is 0 Å². The number of carbonyl (C=O) groups excluding carboxylic acids is 1. The predicted molar refractivity (Wildman–Crippen MR) is 98.4 cm³/mol. The second kappa shape index (κ2) is 6.60. The Balaban J connectivity index is 1.55. The number of hydrogen-bond donors (Lipinski definition) is 0. The molecule has 0 N–H and O–H groups in total. The number of esters is 1. The van der Waals surface area contributed by atoms with Crippen molar-refractivity contribution in [3.8, 4) is 0 Å². The summed E-state index contributed by atoms with van der Waals surface area (Å²) in [4.78, 5) is 11.5. The van der Waals surface area contributed by atoms with Crippen LogP contribution in [0.3, 0.4) is 0 Å². The zero-order valence-corrected chi connectivity index (χ0v) is 15.3. The summed E-state index contributed by atoms with van der Waals surface area (Å²) in [5.41, 5.74) is 4.23. The smallest absolute Gasteiger partial charge is 0.330 e. The van der Waals surface area contributed by atoms with Crippen molar-refractivity contribution in [2.24, 2.45) is 11.8 Å². The van der Waals surface area contributed by atoms with E-state index in [0.717, 1.165) is 30.4 Å². The van der Waals surface area contributed by atoms with Crippen LogP contribution in [0.1, 0.15) is 62.1 Å². The van der Waals surface area contributed by atoms with Gasteiger partial charge in [-0.1, -0.05) is 18.2 Å². The zero-order chi connectivity index (χ0) is 17.4. The van der Waals surface area contributed by atoms with Crippen LogP contribution in [0.15, 0.2) is 24.3 Å². The Morgan fingerprint density at radius 3 is 3.08 bits per heavy atom. The van der Waals surface area contributed by atoms with Crippen molar-refractivity contribution in [1.29, 1.82) is 0 Å². The van der Waals surface area contributed by atoms with Crippen LogP contribution in [-0.2, 0) is 20.7 Å². The van der Waals surface area contributed by atoms with Gasteiger partial charge in [0.2, 0.25) is 0 Å². The van der Waals surface area contributed by atoms with E-state index in [1.807, 2.05) is 13.0 Å². The van der Waals surface area contributed by atoms with Crippen LogP contribution >= 0.6 is 0 Å². The molecule has 25 heavy (non-hydrogen) atoms. The van der Waals surface area contributed by atoms with Gasteiger partial charge < -0.3 is 9.47 Å². The third-order valence-electron chi connectivity index (χ3n) is 6.64. The van der Waals surface area contributed by atoms with Gasteiger partial charge in [-0.25, -0.2) is 4.79 Å². The van der Waals surface area contributed by atoms with E-state index in [1.165, 1.54) is 37.3 Å². The van der Waals surface area contributed by atoms with Crippen molar-refractivity contribution in [2.75, 3.05) is 13.2 Å². The molecular formula is C22H28O3. The number of fused-ring (bicyclic) bond motifs is 5. The molecule has 4 rings (SSSR count). The molecule has 4 atom stereocenters. The van der Waals surface area contributed by atoms with E-state index in [4.69, 9.17) is 9.47 Å². The van der Waals surface area contributed by atoms with Crippen molar-refractivity contribution >= 4 is 12.0 Å². The maximum absolute atomic E-state index is 11.5. The minimum Gasteiger partial charge on any atom is -0.463 e. The number of hydrogen-bond acceptors (Lipinski definition) is 3. The van der Waals surface area contributed by atoms with Crippen LogP contribution in [0.25, 0.3) is 6.08 Å². The van der Waals surface area contributed by atoms with Crippen LogP contribution in [-0.4, -0.2) is 24.8 Å². The minimum absolute atomic E-state index is 0.126. The Bertz CT molecular complexity index is 693. The summed E-state index contributed by atoms with van der Waals surface area (Å²) in [7, 11) is 0. The van der Waals surface area contributed by atoms with Crippen LogP contribution in [0, 0.1) is 11.8 Å². The molecule has 0 amide bonds. The first-order valence-corrected chi connectivity index (χ1v) is 9.72. The minimum atomic E-state index is -0.270. The van der Waals surface area contributed by atoms with Gasteiger partial charge in [-0.3, -0.25) is 0 Å². The monoisotopic (exact) mass is 340 g/mol. The van der Waals surface area contributed by atoms with E-state index in [2.05, 4.69) is 25.1 Å². The van der Waals surface area contributed by atoms with Gasteiger partial charge in [0.1, 0.15) is 0 Å². The molecule has 1 saturated carbocycles. The first-order valence-electron chi connectivity index (χ1n) is 9.72. The molecule has 3 unspecified atom stereocenters. The lowest BCUT2D eigenvalue weighted by molar-refractivity contribution is -0.137. The summed E-state index contributed by atoms with van der Waals surface area (Å²) in [6.07, 6.45) is 9.46. The average molecular weight is 340 g/mol. The Morgan fingerprint density at radius 2 is 2.24 bits per heavy atom. The van der Waals surface area contributed by atoms with Crippen LogP contribution < -0.4 is 0 Å². The first kappa shape index (κ1) is 16.8. The number of benzene rings is 1. The van der Waals surface area contributed by atoms with Crippen LogP contribution in [0.4, 0.5) is 0 Å². The van der Waals surface area contributed by atoms with Crippen molar-refractivity contribution in [1.82, 2.24) is 0 Å². The normalized spacial score (nSPS) is 33.6. The highest BCUT2D eigenvalue weighted by atomic mass is 16.5. The van der Waals surface area contributed by atoms with E-state index in [0.29, 0.717) is 12.5 Å². The molecular weight excluding hydrogens is 312 g/mol. The Hall–Kier alpha value is -1.61. The second-order valence-corrected chi connectivity index (χ2v) is 7.95. The Kier molecular flexibility index (Phi) is 4.45. The summed E-state index contributed by atoms with van der Waals surface area (Å²) in [5, 5.41) is 0. The first-order chi connectivity index (χ1) is 12.1. The lowest BCUT2D eigenvalue weighted by Gasteiger charge is -2.48. The van der Waals surface area contributed by atoms with E-state index in [9.17, 15) is 4.79 Å². The van der Waals surface area contributed by atoms with Gasteiger partial charge in [0.05, 0.1) is 12.2 Å². The van der Waals surface area contributed by atoms with Crippen molar-refractivity contribution in [3.05, 3.63) is 41.0 Å². The molecule has 2 fully saturated rings. The molecule has 0 aromatic heterocycles. The lowest BCUT2D eigenvalue weighted by atomic mass is 9.59. The fourth-order valence-electron chi connectivity index (χ4n) is 5.47. The molecule has 3 aliphatic rings. The van der Waals surface area contributed by atoms with Crippen molar-refractivity contribution < 1.29 is 14.3 Å². The second-order valence-electron chi connectivity index (χ2n) is 7.95. The molecule has 0 bridgehead atoms. The fraction of sp³-hybridized carbons (Fsp3) is 0.591. The molecule has 2 aliphatic carbocycles. The molecule has 1 saturated heterocycles. The summed E-state index contributed by atoms with van der Waals surface area (Å²) in [6, 6.07) is 6.71. The number of aryl methyl sites for hydroxylation is 1. The summed E-state index contributed by atoms with van der Waals surface area (Å²) in [6.45, 7) is 5.51. The van der Waals surface area contributed by atoms with Gasteiger partial charge >= 0.3 is 5.97 Å². The summed E-state index contributed by atoms with van der Waals surface area (Å²) >= 11 is 0. The molecule has 3 heteroatoms. The van der Waals surface area contributed by atoms with Gasteiger partial charge in [-0.2, -0.15) is 0 Å². The van der Waals surface area contributed by atoms with Gasteiger partial charge in [0.15, 0.2) is 0 Å². The van der Waals surface area contributed by atoms with E-state index in [1.54, 1.807) is 5.56 Å². The fourth-order valence-corrected chi connectivity index (χ4v) is 5.47. The van der Waals surface area contributed by atoms with Crippen molar-refractivity contribution in [2.45, 2.75) is 57.5 Å². The molecule has 1 aromatic carbocycles. The number of rotatable bonds is 3. The van der Waals surface area contributed by atoms with E-state index in [-0.39, 0.29) is 11.6 Å². The van der Waals surface area contributed by atoms with Gasteiger partial charge in [-0.15, -0.1) is 0 Å². The topological polar surface area (TPSA) is 35.5 Å². The van der Waals surface area contributed by atoms with Gasteiger partial charge in [-0.05, 0) is 86.5 Å². The third kappa shape index (κ3) is 3.03. The standard InChI is InChI=1S/C22H28O3/c1-3-24-21(23)9-5-15-4-7-17-16(14-15)6-8-19-18(17)10-12-22(2)20(19)11-13-25-22/h4-5,7,9,14,18-20H,3,6,8,10-13H2,1-2H3/b9-5+/t18?,19?,20?,22-/m0/s1. The number of carbonyl (C=O) groups is 1. The number of ether oxygens (including phenoxy) is 2. The zero-order valence-electron chi connectivity index (χ0n) is 15.3. The van der Waals surface area contributed by atoms with Gasteiger partial charge in [0.25, 0.3) is 0 Å². The van der Waals surface area contributed by atoms with Gasteiger partial charge in [0, 0.05) is 12.7 Å². The third-order valence-corrected chi connectivity index (χ3v) is 6.64. The molecule has 1 aliphatic heterocycles. The van der Waals surface area contributed by atoms with Crippen LogP contribution in [0.5, 0.6) is 0 Å². The Labute approximate surface area is 150 Å². The maximum Gasteiger partial charge on any atom is 0.330 e. The summed E-state index contributed by atoms with van der Waals surface area (Å²) < 4.78 is 11.1. The highest BCUT2D eigenvalue weighted by Gasteiger charge is 2.51. The lowest BCUT2D eigenvalue weighted by Crippen LogP contribution is -2.44. The molecule has 3 nitrogen and oxygen atoms in total. The Morgan fingerprint density at radius 1 is 1.36 bits per heavy atom. The molecule has 1 heterocycles. The highest BCUT2D eigenvalue weighted by Crippen LogP contribution is 2.55. The van der Waals surface area contributed by atoms with E-state index >= 15 is 0 Å². The maximum atomic E-state index is 11.5. The largest absolute Gasteiger partial charge is 0.463 e. The SMILES string of the molecule is CCOC(=O)/C=C/c1ccc2c(c1)CCC1C2CC[C@]2(C)OCCC12. The predicted octanol–water partition coefficient (Wildman–Crippen LogP) is 4.50. The molecule has 0 radical (unpaired) electrons. The quantitative estimate of drug-likeness (QED) is 0.600. The molecule has 134 valence electrons. The summed E-state index contributed by atoms with van der Waals surface area (Å²) in [5.74, 6) is 1.91. The molecule has 1 aromatic rings. The molecule has 0 spiro atoms. The average Bonchev–Trinajstić information content (AvgIpc) is 3.01.